The van der Waals surface area contributed by atoms with Crippen LogP contribution in [-0.2, 0) is 14.3 Å². The Hall–Kier alpha value is -3.43. The number of aromatic nitrogens is 2. The van der Waals surface area contributed by atoms with E-state index in [1.54, 1.807) is 31.2 Å². The van der Waals surface area contributed by atoms with E-state index in [0.29, 0.717) is 43.6 Å². The summed E-state index contributed by atoms with van der Waals surface area (Å²) >= 11 is 0. The zero-order valence-corrected chi connectivity index (χ0v) is 15.3. The van der Waals surface area contributed by atoms with Crippen molar-refractivity contribution in [3.8, 4) is 0 Å². The van der Waals surface area contributed by atoms with Gasteiger partial charge in [0.15, 0.2) is 12.3 Å². The number of carbonyl (C=O) groups is 3. The summed E-state index contributed by atoms with van der Waals surface area (Å²) in [5.74, 6) is -1.17. The minimum atomic E-state index is -0.800. The third kappa shape index (κ3) is 4.11. The molecular formula is C18H20N4O6. The molecule has 1 saturated heterocycles. The molecule has 1 N–H and O–H groups in total. The number of H-pyrrole nitrogens is 1. The van der Waals surface area contributed by atoms with Crippen molar-refractivity contribution in [3.05, 3.63) is 40.3 Å². The topological polar surface area (TPSA) is 122 Å². The Bertz CT molecular complexity index is 948. The molecule has 2 heterocycles. The number of esters is 1. The highest BCUT2D eigenvalue weighted by molar-refractivity contribution is 6.02. The number of nitrogens with one attached hydrogen (secondary N) is 1. The van der Waals surface area contributed by atoms with Gasteiger partial charge in [0.1, 0.15) is 0 Å². The molecule has 1 aromatic heterocycles. The Labute approximate surface area is 160 Å². The molecule has 10 heteroatoms. The summed E-state index contributed by atoms with van der Waals surface area (Å²) in [6.07, 6.45) is -0.406. The standard InChI is InChI=1S/C18H20N4O6/c1-2-27-18(26)22-9-7-21(8-10-22)14(23)11-28-17(25)15-12-5-3-4-6-13(12)16(24)20-19-15/h3-6H,2,7-11H2,1H3,(H,20,24). The lowest BCUT2D eigenvalue weighted by atomic mass is 10.1. The third-order valence-electron chi connectivity index (χ3n) is 4.37. The van der Waals surface area contributed by atoms with E-state index in [0.717, 1.165) is 0 Å². The maximum atomic E-state index is 12.3. The second-order valence-electron chi connectivity index (χ2n) is 6.09. The monoisotopic (exact) mass is 388 g/mol. The second-order valence-corrected chi connectivity index (χ2v) is 6.09. The normalized spacial score (nSPS) is 14.0. The Balaban J connectivity index is 1.57. The minimum Gasteiger partial charge on any atom is -0.451 e. The smallest absolute Gasteiger partial charge is 0.409 e. The Kier molecular flexibility index (Phi) is 5.87. The number of rotatable bonds is 4. The molecular weight excluding hydrogens is 368 g/mol. The van der Waals surface area contributed by atoms with Crippen LogP contribution >= 0.6 is 0 Å². The van der Waals surface area contributed by atoms with E-state index in [4.69, 9.17) is 9.47 Å². The highest BCUT2D eigenvalue weighted by atomic mass is 16.6. The number of piperazine rings is 1. The highest BCUT2D eigenvalue weighted by Gasteiger charge is 2.26. The molecule has 1 aromatic carbocycles. The van der Waals surface area contributed by atoms with Crippen LogP contribution in [0.5, 0.6) is 0 Å². The predicted octanol–water partition coefficient (Wildman–Crippen LogP) is 0.381. The van der Waals surface area contributed by atoms with Crippen LogP contribution < -0.4 is 5.56 Å². The number of fused-ring (bicyclic) bond motifs is 1. The first-order valence-electron chi connectivity index (χ1n) is 8.85. The predicted molar refractivity (Wildman–Crippen MR) is 97.8 cm³/mol. The molecule has 1 fully saturated rings. The van der Waals surface area contributed by atoms with Crippen molar-refractivity contribution in [2.24, 2.45) is 0 Å². The fourth-order valence-electron chi connectivity index (χ4n) is 2.91. The van der Waals surface area contributed by atoms with Crippen molar-refractivity contribution >= 4 is 28.7 Å². The lowest BCUT2D eigenvalue weighted by Gasteiger charge is -2.33. The van der Waals surface area contributed by atoms with Crippen LogP contribution in [-0.4, -0.2) is 77.4 Å². The van der Waals surface area contributed by atoms with Gasteiger partial charge >= 0.3 is 12.1 Å². The SMILES string of the molecule is CCOC(=O)N1CCN(C(=O)COC(=O)c2n[nH]c(=O)c3ccccc23)CC1. The molecule has 0 spiro atoms. The van der Waals surface area contributed by atoms with Crippen LogP contribution in [0.4, 0.5) is 4.79 Å². The molecule has 10 nitrogen and oxygen atoms in total. The van der Waals surface area contributed by atoms with Crippen molar-refractivity contribution in [2.45, 2.75) is 6.92 Å². The average molecular weight is 388 g/mol. The summed E-state index contributed by atoms with van der Waals surface area (Å²) in [6, 6.07) is 6.51. The maximum absolute atomic E-state index is 12.3. The Morgan fingerprint density at radius 3 is 2.36 bits per heavy atom. The first-order chi connectivity index (χ1) is 13.5. The van der Waals surface area contributed by atoms with Crippen LogP contribution in [0, 0.1) is 0 Å². The number of hydrogen-bond donors (Lipinski definition) is 1. The average Bonchev–Trinajstić information content (AvgIpc) is 2.72. The van der Waals surface area contributed by atoms with Crippen LogP contribution in [0.25, 0.3) is 10.8 Å². The fourth-order valence-corrected chi connectivity index (χ4v) is 2.91. The van der Waals surface area contributed by atoms with Gasteiger partial charge in [0, 0.05) is 31.6 Å². The molecule has 0 saturated carbocycles. The molecule has 0 aliphatic carbocycles. The van der Waals surface area contributed by atoms with Crippen molar-refractivity contribution in [2.75, 3.05) is 39.4 Å². The van der Waals surface area contributed by atoms with Gasteiger partial charge in [-0.3, -0.25) is 9.59 Å². The summed E-state index contributed by atoms with van der Waals surface area (Å²) in [5, 5.41) is 6.66. The highest BCUT2D eigenvalue weighted by Crippen LogP contribution is 2.13. The van der Waals surface area contributed by atoms with Gasteiger partial charge in [0.2, 0.25) is 0 Å². The molecule has 0 atom stereocenters. The molecule has 0 radical (unpaired) electrons. The van der Waals surface area contributed by atoms with E-state index in [2.05, 4.69) is 10.2 Å². The molecule has 148 valence electrons. The zero-order chi connectivity index (χ0) is 20.1. The lowest BCUT2D eigenvalue weighted by Crippen LogP contribution is -2.51. The van der Waals surface area contributed by atoms with Gasteiger partial charge in [-0.1, -0.05) is 18.2 Å². The van der Waals surface area contributed by atoms with Crippen LogP contribution in [0.1, 0.15) is 17.4 Å². The minimum absolute atomic E-state index is 0.0601. The van der Waals surface area contributed by atoms with Gasteiger partial charge in [-0.25, -0.2) is 14.7 Å². The van der Waals surface area contributed by atoms with Crippen LogP contribution in [0.15, 0.2) is 29.1 Å². The van der Waals surface area contributed by atoms with Crippen molar-refractivity contribution in [3.63, 3.8) is 0 Å². The van der Waals surface area contributed by atoms with Crippen LogP contribution in [0.3, 0.4) is 0 Å². The number of carbonyl (C=O) groups excluding carboxylic acids is 3. The number of benzene rings is 1. The molecule has 28 heavy (non-hydrogen) atoms. The number of aromatic amines is 1. The summed E-state index contributed by atoms with van der Waals surface area (Å²) in [7, 11) is 0. The van der Waals surface area contributed by atoms with Gasteiger partial charge < -0.3 is 19.3 Å². The number of hydrogen-bond acceptors (Lipinski definition) is 7. The van der Waals surface area contributed by atoms with Gasteiger partial charge in [0.25, 0.3) is 11.5 Å². The number of nitrogens with zero attached hydrogens (tertiary/aromatic N) is 3. The molecule has 0 unspecified atom stereocenters. The lowest BCUT2D eigenvalue weighted by molar-refractivity contribution is -0.136. The van der Waals surface area contributed by atoms with E-state index >= 15 is 0 Å². The van der Waals surface area contributed by atoms with Gasteiger partial charge in [-0.15, -0.1) is 0 Å². The third-order valence-corrected chi connectivity index (χ3v) is 4.37. The summed E-state index contributed by atoms with van der Waals surface area (Å²) in [4.78, 5) is 51.1. The largest absolute Gasteiger partial charge is 0.451 e. The molecule has 2 amide bonds. The van der Waals surface area contributed by atoms with E-state index in [1.807, 2.05) is 0 Å². The van der Waals surface area contributed by atoms with E-state index < -0.39 is 24.2 Å². The van der Waals surface area contributed by atoms with E-state index in [-0.39, 0.29) is 11.6 Å². The van der Waals surface area contributed by atoms with Crippen molar-refractivity contribution < 1.29 is 23.9 Å². The van der Waals surface area contributed by atoms with Gasteiger partial charge in [-0.05, 0) is 13.0 Å². The summed E-state index contributed by atoms with van der Waals surface area (Å²) < 4.78 is 10.0. The molecule has 0 bridgehead atoms. The van der Waals surface area contributed by atoms with Gasteiger partial charge in [0.05, 0.1) is 12.0 Å². The quantitative estimate of drug-likeness (QED) is 0.752. The maximum Gasteiger partial charge on any atom is 0.409 e. The first-order valence-corrected chi connectivity index (χ1v) is 8.85. The van der Waals surface area contributed by atoms with Crippen LogP contribution in [0.2, 0.25) is 0 Å². The van der Waals surface area contributed by atoms with E-state index in [1.165, 1.54) is 9.80 Å². The summed E-state index contributed by atoms with van der Waals surface area (Å²) in [5.41, 5.74) is -0.474. The number of amides is 2. The second kappa shape index (κ2) is 8.51. The zero-order valence-electron chi connectivity index (χ0n) is 15.3. The summed E-state index contributed by atoms with van der Waals surface area (Å²) in [6.45, 7) is 2.93. The molecule has 2 aromatic rings. The van der Waals surface area contributed by atoms with Crippen molar-refractivity contribution in [1.29, 1.82) is 0 Å². The Morgan fingerprint density at radius 2 is 1.68 bits per heavy atom. The fraction of sp³-hybridized carbons (Fsp3) is 0.389. The molecule has 1 aliphatic rings. The Morgan fingerprint density at radius 1 is 1.04 bits per heavy atom. The first kappa shape index (κ1) is 19.3. The van der Waals surface area contributed by atoms with Gasteiger partial charge in [-0.2, -0.15) is 5.10 Å². The van der Waals surface area contributed by atoms with E-state index in [9.17, 15) is 19.2 Å². The van der Waals surface area contributed by atoms with Crippen molar-refractivity contribution in [1.82, 2.24) is 20.0 Å². The molecule has 1 aliphatic heterocycles. The molecule has 3 rings (SSSR count). The number of ether oxygens (including phenoxy) is 2.